The van der Waals surface area contributed by atoms with Gasteiger partial charge >= 0.3 is 21.1 Å². The molecule has 6 nitrogen and oxygen atoms in total. The predicted molar refractivity (Wildman–Crippen MR) is 144 cm³/mol. The van der Waals surface area contributed by atoms with Crippen LogP contribution in [0.2, 0.25) is 0 Å². The average Bonchev–Trinajstić information content (AvgIpc) is 3.51. The molecule has 4 aromatic rings. The van der Waals surface area contributed by atoms with E-state index >= 15 is 0 Å². The fourth-order valence-electron chi connectivity index (χ4n) is 4.70. The molecule has 2 heterocycles. The molecule has 0 atom stereocenters. The van der Waals surface area contributed by atoms with Gasteiger partial charge < -0.3 is 29.1 Å². The van der Waals surface area contributed by atoms with Crippen LogP contribution < -0.4 is 29.1 Å². The Bertz CT molecular complexity index is 1280. The number of methoxy groups -OCH3 is 2. The van der Waals surface area contributed by atoms with Crippen LogP contribution in [-0.2, 0) is 21.1 Å². The van der Waals surface area contributed by atoms with Crippen molar-refractivity contribution >= 4 is 34.1 Å². The van der Waals surface area contributed by atoms with Crippen molar-refractivity contribution < 1.29 is 30.5 Å². The Morgan fingerprint density at radius 2 is 1.03 bits per heavy atom. The molecule has 4 aromatic carbocycles. The Hall–Kier alpha value is -3.63. The minimum Gasteiger partial charge on any atom is -0.522 e. The van der Waals surface area contributed by atoms with Crippen LogP contribution in [-0.4, -0.2) is 27.3 Å². The van der Waals surface area contributed by atoms with E-state index in [-0.39, 0.29) is 21.1 Å². The molecule has 2 aliphatic heterocycles. The molecule has 0 amide bonds. The minimum absolute atomic E-state index is 0. The predicted octanol–water partition coefficient (Wildman–Crippen LogP) is 6.16. The molecule has 7 heteroatoms. The largest absolute Gasteiger partial charge is 4.00 e. The van der Waals surface area contributed by atoms with Crippen molar-refractivity contribution in [2.24, 2.45) is 0 Å². The van der Waals surface area contributed by atoms with Gasteiger partial charge in [-0.15, -0.1) is 35.6 Å². The van der Waals surface area contributed by atoms with Crippen LogP contribution in [0.4, 0.5) is 34.1 Å². The van der Waals surface area contributed by atoms with Crippen molar-refractivity contribution in [3.05, 3.63) is 110 Å². The van der Waals surface area contributed by atoms with Gasteiger partial charge in [-0.2, -0.15) is 37.6 Å². The summed E-state index contributed by atoms with van der Waals surface area (Å²) in [6.45, 7) is 5.90. The number of fused-ring (bicyclic) bond motifs is 2. The topological polar surface area (TPSA) is 31.4 Å². The zero-order chi connectivity index (χ0) is 24.5. The van der Waals surface area contributed by atoms with E-state index in [2.05, 4.69) is 93.6 Å². The molecule has 0 aromatic heterocycles. The van der Waals surface area contributed by atoms with Crippen molar-refractivity contribution in [3.63, 3.8) is 0 Å². The van der Waals surface area contributed by atoms with Crippen LogP contribution in [0.3, 0.4) is 0 Å². The van der Waals surface area contributed by atoms with E-state index in [4.69, 9.17) is 9.47 Å². The Morgan fingerprint density at radius 1 is 0.622 bits per heavy atom. The fourth-order valence-corrected chi connectivity index (χ4v) is 4.70. The van der Waals surface area contributed by atoms with Gasteiger partial charge in [-0.25, -0.2) is 0 Å². The van der Waals surface area contributed by atoms with Gasteiger partial charge in [0.25, 0.3) is 0 Å². The third-order valence-corrected chi connectivity index (χ3v) is 6.50. The van der Waals surface area contributed by atoms with E-state index in [1.165, 1.54) is 11.4 Å². The van der Waals surface area contributed by atoms with E-state index in [9.17, 15) is 0 Å². The summed E-state index contributed by atoms with van der Waals surface area (Å²) >= 11 is 0. The number of anilines is 6. The van der Waals surface area contributed by atoms with Crippen molar-refractivity contribution in [1.82, 2.24) is 0 Å². The number of para-hydroxylation sites is 4. The van der Waals surface area contributed by atoms with Gasteiger partial charge in [0.15, 0.2) is 0 Å². The monoisotopic (exact) mass is 669 g/mol. The van der Waals surface area contributed by atoms with E-state index in [0.29, 0.717) is 0 Å². The molecule has 37 heavy (non-hydrogen) atoms. The van der Waals surface area contributed by atoms with Gasteiger partial charge in [-0.1, -0.05) is 24.3 Å². The third kappa shape index (κ3) is 4.74. The Balaban J connectivity index is 0.00000280. The molecule has 0 saturated heterocycles. The van der Waals surface area contributed by atoms with Crippen molar-refractivity contribution in [3.8, 4) is 11.5 Å². The first-order valence-corrected chi connectivity index (χ1v) is 11.9. The number of nitrogens with zero attached hydrogens (tertiary/aromatic N) is 4. The van der Waals surface area contributed by atoms with Gasteiger partial charge in [0.2, 0.25) is 0 Å². The molecule has 0 spiro atoms. The number of hydrogen-bond acceptors (Lipinski definition) is 6. The van der Waals surface area contributed by atoms with E-state index in [0.717, 1.165) is 47.3 Å². The molecular formula is C30H26N4O2Pt. The SMILES string of the molecule is COc1cc[c-]c(N2[CH-]N(CCN3[CH-]N(c4[c-]ccc(OC)c4)c4ccccc43)c3ccccc32)c1.[Pt+4]. The zero-order valence-corrected chi connectivity index (χ0v) is 22.8. The third-order valence-electron chi connectivity index (χ3n) is 6.50. The molecule has 0 bridgehead atoms. The van der Waals surface area contributed by atoms with Crippen LogP contribution >= 0.6 is 0 Å². The van der Waals surface area contributed by atoms with Gasteiger partial charge in [0, 0.05) is 47.3 Å². The van der Waals surface area contributed by atoms with Crippen LogP contribution in [0, 0.1) is 25.5 Å². The normalized spacial score (nSPS) is 13.8. The Morgan fingerprint density at radius 3 is 1.43 bits per heavy atom. The Kier molecular flexibility index (Phi) is 7.29. The first-order valence-electron chi connectivity index (χ1n) is 11.9. The summed E-state index contributed by atoms with van der Waals surface area (Å²) < 4.78 is 10.9. The first-order chi connectivity index (χ1) is 17.7. The van der Waals surface area contributed by atoms with Crippen LogP contribution in [0.1, 0.15) is 0 Å². The molecular weight excluding hydrogens is 643 g/mol. The molecule has 6 rings (SSSR count). The summed E-state index contributed by atoms with van der Waals surface area (Å²) in [5, 5.41) is 0. The summed E-state index contributed by atoms with van der Waals surface area (Å²) in [4.78, 5) is 8.91. The number of rotatable bonds is 7. The van der Waals surface area contributed by atoms with Crippen molar-refractivity contribution in [2.75, 3.05) is 46.9 Å². The summed E-state index contributed by atoms with van der Waals surface area (Å²) in [5.41, 5.74) is 6.48. The van der Waals surface area contributed by atoms with E-state index in [1.54, 1.807) is 14.2 Å². The maximum Gasteiger partial charge on any atom is 4.00 e. The van der Waals surface area contributed by atoms with Crippen LogP contribution in [0.25, 0.3) is 0 Å². The molecule has 0 saturated carbocycles. The van der Waals surface area contributed by atoms with E-state index < -0.39 is 0 Å². The summed E-state index contributed by atoms with van der Waals surface area (Å²) in [5.74, 6) is 1.62. The smallest absolute Gasteiger partial charge is 0.522 e. The maximum atomic E-state index is 5.44. The number of hydrogen-bond donors (Lipinski definition) is 0. The average molecular weight is 670 g/mol. The summed E-state index contributed by atoms with van der Waals surface area (Å²) in [6, 6.07) is 35.2. The standard InChI is InChI=1S/C30H26N4O2.Pt/c1-35-25-11-7-9-23(19-25)33-21-31(27-13-3-5-15-29(27)33)17-18-32-22-34(30-16-6-4-14-28(30)32)24-10-8-12-26(20-24)36-2;/h3-8,11-16,19-22H,17-18H2,1-2H3;/q-4;+4. The first kappa shape index (κ1) is 25.0. The summed E-state index contributed by atoms with van der Waals surface area (Å²) in [7, 11) is 3.37. The molecule has 0 aliphatic carbocycles. The Labute approximate surface area is 232 Å². The molecule has 0 N–H and O–H groups in total. The van der Waals surface area contributed by atoms with E-state index in [1.807, 2.05) is 36.4 Å². The van der Waals surface area contributed by atoms with Crippen LogP contribution in [0.15, 0.2) is 84.9 Å². The molecule has 2 aliphatic rings. The van der Waals surface area contributed by atoms with Crippen molar-refractivity contribution in [2.45, 2.75) is 0 Å². The van der Waals surface area contributed by atoms with Gasteiger partial charge in [0.1, 0.15) is 0 Å². The minimum atomic E-state index is 0. The van der Waals surface area contributed by atoms with Gasteiger partial charge in [0.05, 0.1) is 14.2 Å². The second-order valence-corrected chi connectivity index (χ2v) is 8.56. The second-order valence-electron chi connectivity index (χ2n) is 8.56. The fraction of sp³-hybridized carbons (Fsp3) is 0.133. The summed E-state index contributed by atoms with van der Waals surface area (Å²) in [6.07, 6.45) is 0. The van der Waals surface area contributed by atoms with Gasteiger partial charge in [-0.05, 0) is 24.3 Å². The molecule has 188 valence electrons. The van der Waals surface area contributed by atoms with Gasteiger partial charge in [-0.3, -0.25) is 0 Å². The second kappa shape index (κ2) is 10.8. The van der Waals surface area contributed by atoms with Crippen molar-refractivity contribution in [1.29, 1.82) is 0 Å². The quantitative estimate of drug-likeness (QED) is 0.220. The molecule has 0 radical (unpaired) electrons. The van der Waals surface area contributed by atoms with Crippen LogP contribution in [0.5, 0.6) is 11.5 Å². The number of ether oxygens (including phenoxy) is 2. The molecule has 0 unspecified atom stereocenters. The zero-order valence-electron chi connectivity index (χ0n) is 20.6. The molecule has 0 fully saturated rings. The number of benzene rings is 4. The maximum absolute atomic E-state index is 5.44.